The van der Waals surface area contributed by atoms with E-state index in [0.717, 1.165) is 25.5 Å². The highest BCUT2D eigenvalue weighted by atomic mass is 35.5. The molecule has 0 aliphatic heterocycles. The molecule has 3 heteroatoms. The van der Waals surface area contributed by atoms with Gasteiger partial charge in [-0.1, -0.05) is 12.8 Å². The number of ether oxygens (including phenoxy) is 1. The average molecular weight is 206 g/mol. The summed E-state index contributed by atoms with van der Waals surface area (Å²) >= 11 is 5.98. The molecule has 0 aromatic heterocycles. The van der Waals surface area contributed by atoms with Gasteiger partial charge in [-0.25, -0.2) is 0 Å². The summed E-state index contributed by atoms with van der Waals surface area (Å²) in [4.78, 5) is 0. The van der Waals surface area contributed by atoms with Crippen LogP contribution in [0.4, 0.5) is 0 Å². The van der Waals surface area contributed by atoms with Crippen molar-refractivity contribution in [2.24, 2.45) is 0 Å². The topological polar surface area (TPSA) is 21.3 Å². The fourth-order valence-corrected chi connectivity index (χ4v) is 2.34. The average Bonchev–Trinajstić information content (AvgIpc) is 2.62. The van der Waals surface area contributed by atoms with Gasteiger partial charge in [0.1, 0.15) is 0 Å². The predicted molar refractivity (Wildman–Crippen MR) is 56.4 cm³/mol. The quantitative estimate of drug-likeness (QED) is 0.530. The van der Waals surface area contributed by atoms with Crippen LogP contribution in [0, 0.1) is 0 Å². The maximum absolute atomic E-state index is 5.98. The van der Waals surface area contributed by atoms with E-state index in [-0.39, 0.29) is 5.54 Å². The number of hydrogen-bond acceptors (Lipinski definition) is 2. The van der Waals surface area contributed by atoms with E-state index in [9.17, 15) is 0 Å². The highest BCUT2D eigenvalue weighted by Crippen LogP contribution is 2.30. The first-order valence-corrected chi connectivity index (χ1v) is 5.66. The van der Waals surface area contributed by atoms with Crippen LogP contribution in [0.3, 0.4) is 0 Å². The lowest BCUT2D eigenvalue weighted by Gasteiger charge is -2.27. The van der Waals surface area contributed by atoms with Crippen molar-refractivity contribution < 1.29 is 4.74 Å². The lowest BCUT2D eigenvalue weighted by atomic mass is 10.0. The third kappa shape index (κ3) is 3.45. The molecule has 0 radical (unpaired) electrons. The van der Waals surface area contributed by atoms with E-state index >= 15 is 0 Å². The summed E-state index contributed by atoms with van der Waals surface area (Å²) in [6.45, 7) is 1.87. The Morgan fingerprint density at radius 1 is 1.38 bits per heavy atom. The van der Waals surface area contributed by atoms with Gasteiger partial charge in [0.15, 0.2) is 0 Å². The molecule has 1 rings (SSSR count). The minimum atomic E-state index is 0.245. The van der Waals surface area contributed by atoms with Crippen molar-refractivity contribution in [3.63, 3.8) is 0 Å². The second kappa shape index (κ2) is 5.84. The Kier molecular flexibility index (Phi) is 5.07. The maximum Gasteiger partial charge on any atom is 0.0474 e. The molecule has 0 heterocycles. The summed E-state index contributed by atoms with van der Waals surface area (Å²) in [7, 11) is 1.74. The molecular formula is C10H20ClNO. The highest BCUT2D eigenvalue weighted by Gasteiger charge is 2.31. The molecule has 78 valence electrons. The van der Waals surface area contributed by atoms with Crippen LogP contribution in [0.15, 0.2) is 0 Å². The van der Waals surface area contributed by atoms with Gasteiger partial charge in [0, 0.05) is 25.1 Å². The summed E-state index contributed by atoms with van der Waals surface area (Å²) in [6, 6.07) is 0. The molecule has 0 saturated heterocycles. The maximum atomic E-state index is 5.98. The Hall–Kier alpha value is 0.210. The van der Waals surface area contributed by atoms with Crippen molar-refractivity contribution in [2.45, 2.75) is 37.6 Å². The smallest absolute Gasteiger partial charge is 0.0474 e. The van der Waals surface area contributed by atoms with Gasteiger partial charge in [0.25, 0.3) is 0 Å². The van der Waals surface area contributed by atoms with Crippen LogP contribution >= 0.6 is 11.6 Å². The summed E-state index contributed by atoms with van der Waals surface area (Å²) in [5, 5.41) is 3.57. The monoisotopic (exact) mass is 205 g/mol. The fraction of sp³-hybridized carbons (Fsp3) is 1.00. The second-order valence-corrected chi connectivity index (χ2v) is 4.16. The molecule has 0 aromatic rings. The molecule has 0 aromatic carbocycles. The van der Waals surface area contributed by atoms with Crippen LogP contribution in [-0.2, 0) is 4.74 Å². The summed E-state index contributed by atoms with van der Waals surface area (Å²) in [5.74, 6) is 0.750. The van der Waals surface area contributed by atoms with E-state index in [0.29, 0.717) is 0 Å². The first-order chi connectivity index (χ1) is 6.33. The number of rotatable bonds is 6. The zero-order chi connectivity index (χ0) is 9.57. The van der Waals surface area contributed by atoms with Gasteiger partial charge >= 0.3 is 0 Å². The SMILES string of the molecule is COCCCNC1(CCl)CCCC1. The van der Waals surface area contributed by atoms with Crippen LogP contribution in [0.2, 0.25) is 0 Å². The molecule has 1 aliphatic rings. The molecule has 0 amide bonds. The second-order valence-electron chi connectivity index (χ2n) is 3.89. The Morgan fingerprint density at radius 3 is 2.62 bits per heavy atom. The minimum Gasteiger partial charge on any atom is -0.385 e. The van der Waals surface area contributed by atoms with E-state index in [4.69, 9.17) is 16.3 Å². The van der Waals surface area contributed by atoms with Gasteiger partial charge < -0.3 is 10.1 Å². The van der Waals surface area contributed by atoms with Crippen molar-refractivity contribution in [1.29, 1.82) is 0 Å². The molecular weight excluding hydrogens is 186 g/mol. The molecule has 1 N–H and O–H groups in total. The minimum absolute atomic E-state index is 0.245. The predicted octanol–water partition coefficient (Wildman–Crippen LogP) is 2.16. The molecule has 0 unspecified atom stereocenters. The lowest BCUT2D eigenvalue weighted by Crippen LogP contribution is -2.45. The summed E-state index contributed by atoms with van der Waals surface area (Å²) in [6.07, 6.45) is 6.20. The number of methoxy groups -OCH3 is 1. The van der Waals surface area contributed by atoms with Gasteiger partial charge in [-0.3, -0.25) is 0 Å². The van der Waals surface area contributed by atoms with Crippen molar-refractivity contribution in [3.05, 3.63) is 0 Å². The van der Waals surface area contributed by atoms with Crippen molar-refractivity contribution >= 4 is 11.6 Å². The van der Waals surface area contributed by atoms with Crippen LogP contribution in [0.25, 0.3) is 0 Å². The highest BCUT2D eigenvalue weighted by molar-refractivity contribution is 6.18. The van der Waals surface area contributed by atoms with E-state index < -0.39 is 0 Å². The zero-order valence-corrected chi connectivity index (χ0v) is 9.20. The first kappa shape index (κ1) is 11.3. The molecule has 2 nitrogen and oxygen atoms in total. The molecule has 1 aliphatic carbocycles. The third-order valence-corrected chi connectivity index (χ3v) is 3.35. The number of hydrogen-bond donors (Lipinski definition) is 1. The Balaban J connectivity index is 2.16. The molecule has 0 spiro atoms. The zero-order valence-electron chi connectivity index (χ0n) is 8.44. The standard InChI is InChI=1S/C10H20ClNO/c1-13-8-4-7-12-10(9-11)5-2-3-6-10/h12H,2-9H2,1H3. The van der Waals surface area contributed by atoms with Gasteiger partial charge in [0.05, 0.1) is 0 Å². The molecule has 0 atom stereocenters. The van der Waals surface area contributed by atoms with Crippen molar-refractivity contribution in [2.75, 3.05) is 26.1 Å². The van der Waals surface area contributed by atoms with E-state index in [1.807, 2.05) is 0 Å². The summed E-state index contributed by atoms with van der Waals surface area (Å²) in [5.41, 5.74) is 0.245. The molecule has 0 bridgehead atoms. The van der Waals surface area contributed by atoms with Gasteiger partial charge in [0.2, 0.25) is 0 Å². The fourth-order valence-electron chi connectivity index (χ4n) is 1.98. The van der Waals surface area contributed by atoms with Gasteiger partial charge in [-0.2, -0.15) is 0 Å². The lowest BCUT2D eigenvalue weighted by molar-refractivity contribution is 0.190. The van der Waals surface area contributed by atoms with E-state index in [2.05, 4.69) is 5.32 Å². The molecule has 13 heavy (non-hydrogen) atoms. The van der Waals surface area contributed by atoms with E-state index in [1.165, 1.54) is 25.7 Å². The van der Waals surface area contributed by atoms with Crippen LogP contribution in [0.5, 0.6) is 0 Å². The van der Waals surface area contributed by atoms with Gasteiger partial charge in [-0.15, -0.1) is 11.6 Å². The third-order valence-electron chi connectivity index (χ3n) is 2.84. The number of alkyl halides is 1. The number of halogens is 1. The van der Waals surface area contributed by atoms with E-state index in [1.54, 1.807) is 7.11 Å². The number of nitrogens with one attached hydrogen (secondary N) is 1. The van der Waals surface area contributed by atoms with Crippen LogP contribution < -0.4 is 5.32 Å². The molecule has 1 saturated carbocycles. The largest absolute Gasteiger partial charge is 0.385 e. The first-order valence-electron chi connectivity index (χ1n) is 5.13. The Morgan fingerprint density at radius 2 is 2.08 bits per heavy atom. The summed E-state index contributed by atoms with van der Waals surface area (Å²) < 4.78 is 5.00. The Labute approximate surface area is 86.0 Å². The normalized spacial score (nSPS) is 20.8. The van der Waals surface area contributed by atoms with Crippen LogP contribution in [-0.4, -0.2) is 31.7 Å². The Bertz CT molecular complexity index is 135. The molecule has 1 fully saturated rings. The van der Waals surface area contributed by atoms with Crippen LogP contribution in [0.1, 0.15) is 32.1 Å². The van der Waals surface area contributed by atoms with Gasteiger partial charge in [-0.05, 0) is 25.8 Å². The van der Waals surface area contributed by atoms with Crippen molar-refractivity contribution in [3.8, 4) is 0 Å². The van der Waals surface area contributed by atoms with Crippen molar-refractivity contribution in [1.82, 2.24) is 5.32 Å².